The molecule has 10 heteroatoms. The standard InChI is InChI=1S/C14H12Cl2N6OS/c15-11-2-1-9(6-12(11)16)5-10-7-17-14(24-10)19-13(23)3-4-22-8-18-20-21-22/h1-2,6-8H,3-5H2,(H,17,19,23). The molecule has 0 bridgehead atoms. The molecule has 3 aromatic rings. The molecule has 0 aliphatic heterocycles. The first kappa shape index (κ1) is 16.8. The molecule has 0 unspecified atom stereocenters. The number of carbonyl (C=O) groups excluding carboxylic acids is 1. The fourth-order valence-corrected chi connectivity index (χ4v) is 3.16. The second kappa shape index (κ2) is 7.69. The van der Waals surface area contributed by atoms with Crippen LogP contribution in [0.1, 0.15) is 16.9 Å². The van der Waals surface area contributed by atoms with Crippen molar-refractivity contribution in [3.63, 3.8) is 0 Å². The molecule has 0 aliphatic rings. The first-order chi connectivity index (χ1) is 11.6. The van der Waals surface area contributed by atoms with E-state index in [-0.39, 0.29) is 12.3 Å². The summed E-state index contributed by atoms with van der Waals surface area (Å²) in [6.07, 6.45) is 4.15. The molecule has 0 saturated carbocycles. The van der Waals surface area contributed by atoms with Crippen molar-refractivity contribution in [2.45, 2.75) is 19.4 Å². The van der Waals surface area contributed by atoms with Crippen LogP contribution >= 0.6 is 34.5 Å². The van der Waals surface area contributed by atoms with Crippen molar-refractivity contribution in [1.82, 2.24) is 25.2 Å². The Bertz CT molecular complexity index is 836. The highest BCUT2D eigenvalue weighted by Crippen LogP contribution is 2.26. The molecule has 0 saturated heterocycles. The number of tetrazole rings is 1. The number of rotatable bonds is 6. The van der Waals surface area contributed by atoms with Crippen molar-refractivity contribution < 1.29 is 4.79 Å². The van der Waals surface area contributed by atoms with Crippen molar-refractivity contribution in [1.29, 1.82) is 0 Å². The van der Waals surface area contributed by atoms with E-state index in [9.17, 15) is 4.79 Å². The minimum atomic E-state index is -0.138. The maximum absolute atomic E-state index is 11.9. The second-order valence-electron chi connectivity index (χ2n) is 4.93. The van der Waals surface area contributed by atoms with Crippen LogP contribution in [0, 0.1) is 0 Å². The SMILES string of the molecule is O=C(CCn1cnnn1)Nc1ncc(Cc2ccc(Cl)c(Cl)c2)s1. The van der Waals surface area contributed by atoms with Gasteiger partial charge in [0.25, 0.3) is 0 Å². The molecule has 0 radical (unpaired) electrons. The Kier molecular flexibility index (Phi) is 5.39. The zero-order valence-electron chi connectivity index (χ0n) is 12.3. The van der Waals surface area contributed by atoms with Crippen molar-refractivity contribution in [2.75, 3.05) is 5.32 Å². The number of amides is 1. The molecular weight excluding hydrogens is 371 g/mol. The second-order valence-corrected chi connectivity index (χ2v) is 6.86. The lowest BCUT2D eigenvalue weighted by atomic mass is 10.1. The zero-order chi connectivity index (χ0) is 16.9. The summed E-state index contributed by atoms with van der Waals surface area (Å²) in [5.74, 6) is -0.138. The third-order valence-corrected chi connectivity index (χ3v) is 4.77. The van der Waals surface area contributed by atoms with Crippen LogP contribution in [0.5, 0.6) is 0 Å². The summed E-state index contributed by atoms with van der Waals surface area (Å²) in [7, 11) is 0. The van der Waals surface area contributed by atoms with Crippen LogP contribution in [0.2, 0.25) is 10.0 Å². The molecule has 2 heterocycles. The first-order valence-electron chi connectivity index (χ1n) is 6.99. The number of hydrogen-bond donors (Lipinski definition) is 1. The molecule has 1 N–H and O–H groups in total. The van der Waals surface area contributed by atoms with Gasteiger partial charge in [0.05, 0.1) is 16.6 Å². The van der Waals surface area contributed by atoms with Crippen LogP contribution in [0.15, 0.2) is 30.7 Å². The lowest BCUT2D eigenvalue weighted by Gasteiger charge is -2.02. The van der Waals surface area contributed by atoms with Gasteiger partial charge < -0.3 is 5.32 Å². The minimum absolute atomic E-state index is 0.138. The van der Waals surface area contributed by atoms with Gasteiger partial charge in [-0.1, -0.05) is 29.3 Å². The molecule has 3 rings (SSSR count). The maximum Gasteiger partial charge on any atom is 0.228 e. The Morgan fingerprint density at radius 2 is 2.17 bits per heavy atom. The van der Waals surface area contributed by atoms with Crippen molar-refractivity contribution >= 4 is 45.6 Å². The number of anilines is 1. The summed E-state index contributed by atoms with van der Waals surface area (Å²) >= 11 is 13.3. The molecule has 0 aliphatic carbocycles. The van der Waals surface area contributed by atoms with Crippen LogP contribution in [0.3, 0.4) is 0 Å². The van der Waals surface area contributed by atoms with E-state index < -0.39 is 0 Å². The predicted octanol–water partition coefficient (Wildman–Crippen LogP) is 3.06. The lowest BCUT2D eigenvalue weighted by Crippen LogP contribution is -2.14. The molecule has 7 nitrogen and oxygen atoms in total. The Morgan fingerprint density at radius 3 is 2.92 bits per heavy atom. The summed E-state index contributed by atoms with van der Waals surface area (Å²) in [5.41, 5.74) is 1.03. The molecule has 124 valence electrons. The van der Waals surface area contributed by atoms with Crippen LogP contribution in [0.4, 0.5) is 5.13 Å². The Hall–Kier alpha value is -2.03. The molecule has 0 spiro atoms. The minimum Gasteiger partial charge on any atom is -0.302 e. The number of thiazole rings is 1. The smallest absolute Gasteiger partial charge is 0.228 e. The summed E-state index contributed by atoms with van der Waals surface area (Å²) in [4.78, 5) is 17.1. The van der Waals surface area contributed by atoms with Gasteiger partial charge in [0.1, 0.15) is 6.33 Å². The summed E-state index contributed by atoms with van der Waals surface area (Å²) < 4.78 is 1.50. The van der Waals surface area contributed by atoms with Gasteiger partial charge in [0.15, 0.2) is 5.13 Å². The van der Waals surface area contributed by atoms with Gasteiger partial charge in [-0.3, -0.25) is 4.79 Å². The van der Waals surface area contributed by atoms with Gasteiger partial charge in [0, 0.05) is 23.9 Å². The highest BCUT2D eigenvalue weighted by atomic mass is 35.5. The fourth-order valence-electron chi connectivity index (χ4n) is 1.98. The van der Waals surface area contributed by atoms with Gasteiger partial charge in [-0.2, -0.15) is 0 Å². The average Bonchev–Trinajstić information content (AvgIpc) is 3.21. The van der Waals surface area contributed by atoms with Gasteiger partial charge in [-0.05, 0) is 28.1 Å². The summed E-state index contributed by atoms with van der Waals surface area (Å²) in [5, 5.41) is 15.1. The molecule has 2 aromatic heterocycles. The number of benzene rings is 1. The largest absolute Gasteiger partial charge is 0.302 e. The van der Waals surface area contributed by atoms with E-state index in [0.717, 1.165) is 10.4 Å². The van der Waals surface area contributed by atoms with Crippen molar-refractivity contribution in [3.05, 3.63) is 51.2 Å². The molecule has 0 atom stereocenters. The molecule has 0 fully saturated rings. The van der Waals surface area contributed by atoms with Gasteiger partial charge in [0.2, 0.25) is 5.91 Å². The monoisotopic (exact) mass is 382 g/mol. The van der Waals surface area contributed by atoms with E-state index in [0.29, 0.717) is 28.1 Å². The molecule has 1 amide bonds. The van der Waals surface area contributed by atoms with E-state index in [4.69, 9.17) is 23.2 Å². The number of nitrogens with one attached hydrogen (secondary N) is 1. The Balaban J connectivity index is 1.54. The van der Waals surface area contributed by atoms with Crippen LogP contribution in [0.25, 0.3) is 0 Å². The fraction of sp³-hybridized carbons (Fsp3) is 0.214. The summed E-state index contributed by atoms with van der Waals surface area (Å²) in [6.45, 7) is 0.417. The quantitative estimate of drug-likeness (QED) is 0.707. The number of halogens is 2. The number of nitrogens with zero attached hydrogens (tertiary/aromatic N) is 5. The average molecular weight is 383 g/mol. The lowest BCUT2D eigenvalue weighted by molar-refractivity contribution is -0.116. The van der Waals surface area contributed by atoms with Gasteiger partial charge in [-0.15, -0.1) is 16.4 Å². The normalized spacial score (nSPS) is 10.8. The van der Waals surface area contributed by atoms with E-state index in [1.54, 1.807) is 12.3 Å². The van der Waals surface area contributed by atoms with Crippen LogP contribution in [-0.2, 0) is 17.8 Å². The van der Waals surface area contributed by atoms with Gasteiger partial charge >= 0.3 is 0 Å². The zero-order valence-corrected chi connectivity index (χ0v) is 14.6. The van der Waals surface area contributed by atoms with E-state index >= 15 is 0 Å². The number of aromatic nitrogens is 5. The van der Waals surface area contributed by atoms with E-state index in [1.165, 1.54) is 22.3 Å². The van der Waals surface area contributed by atoms with E-state index in [1.807, 2.05) is 12.1 Å². The van der Waals surface area contributed by atoms with Gasteiger partial charge in [-0.25, -0.2) is 9.67 Å². The Morgan fingerprint density at radius 1 is 1.29 bits per heavy atom. The number of carbonyl (C=O) groups is 1. The van der Waals surface area contributed by atoms with E-state index in [2.05, 4.69) is 25.8 Å². The number of hydrogen-bond acceptors (Lipinski definition) is 6. The van der Waals surface area contributed by atoms with Crippen LogP contribution in [-0.4, -0.2) is 31.1 Å². The van der Waals surface area contributed by atoms with Crippen molar-refractivity contribution in [3.8, 4) is 0 Å². The van der Waals surface area contributed by atoms with Crippen LogP contribution < -0.4 is 5.32 Å². The third-order valence-electron chi connectivity index (χ3n) is 3.12. The maximum atomic E-state index is 11.9. The molecule has 1 aromatic carbocycles. The highest BCUT2D eigenvalue weighted by Gasteiger charge is 2.09. The first-order valence-corrected chi connectivity index (χ1v) is 8.56. The topological polar surface area (TPSA) is 85.6 Å². The predicted molar refractivity (Wildman–Crippen MR) is 92.4 cm³/mol. The van der Waals surface area contributed by atoms with Crippen molar-refractivity contribution in [2.24, 2.45) is 0 Å². The molecule has 24 heavy (non-hydrogen) atoms. The summed E-state index contributed by atoms with van der Waals surface area (Å²) in [6, 6.07) is 5.51. The molecular formula is C14H12Cl2N6OS. The highest BCUT2D eigenvalue weighted by molar-refractivity contribution is 7.15. The number of aryl methyl sites for hydroxylation is 1. The Labute approximate surface area is 151 Å². The third kappa shape index (κ3) is 4.50.